The van der Waals surface area contributed by atoms with Crippen LogP contribution in [0.3, 0.4) is 0 Å². The zero-order chi connectivity index (χ0) is 7.98. The summed E-state index contributed by atoms with van der Waals surface area (Å²) in [6.07, 6.45) is 0. The summed E-state index contributed by atoms with van der Waals surface area (Å²) in [5.41, 5.74) is 0. The third kappa shape index (κ3) is 4.29. The van der Waals surface area contributed by atoms with Crippen LogP contribution in [0.2, 0.25) is 0 Å². The molecule has 0 aliphatic heterocycles. The number of nitrogens with zero attached hydrogens (tertiary/aromatic N) is 1. The SMILES string of the molecule is CN(C)C(=O)CNCCO. The molecule has 0 aromatic carbocycles. The molecule has 0 bridgehead atoms. The maximum atomic E-state index is 10.8. The predicted octanol–water partition coefficient (Wildman–Crippen LogP) is -1.34. The molecule has 4 nitrogen and oxygen atoms in total. The van der Waals surface area contributed by atoms with Crippen molar-refractivity contribution in [2.75, 3.05) is 33.8 Å². The lowest BCUT2D eigenvalue weighted by atomic mass is 10.5. The van der Waals surface area contributed by atoms with Gasteiger partial charge in [-0.15, -0.1) is 0 Å². The lowest BCUT2D eigenvalue weighted by molar-refractivity contribution is -0.127. The van der Waals surface area contributed by atoms with Crippen molar-refractivity contribution in [3.63, 3.8) is 0 Å². The third-order valence-electron chi connectivity index (χ3n) is 1.06. The van der Waals surface area contributed by atoms with Gasteiger partial charge in [-0.2, -0.15) is 0 Å². The van der Waals surface area contributed by atoms with Gasteiger partial charge in [-0.1, -0.05) is 0 Å². The van der Waals surface area contributed by atoms with Crippen molar-refractivity contribution < 1.29 is 9.90 Å². The number of carbonyl (C=O) groups is 1. The number of hydrogen-bond donors (Lipinski definition) is 2. The minimum atomic E-state index is 0.0217. The van der Waals surface area contributed by atoms with E-state index in [1.807, 2.05) is 0 Å². The number of nitrogens with one attached hydrogen (secondary N) is 1. The smallest absolute Gasteiger partial charge is 0.236 e. The third-order valence-corrected chi connectivity index (χ3v) is 1.06. The number of carbonyl (C=O) groups excluding carboxylic acids is 1. The Morgan fingerprint density at radius 1 is 1.60 bits per heavy atom. The summed E-state index contributed by atoms with van der Waals surface area (Å²) in [5, 5.41) is 11.1. The van der Waals surface area contributed by atoms with Crippen molar-refractivity contribution in [1.29, 1.82) is 0 Å². The van der Waals surface area contributed by atoms with E-state index in [9.17, 15) is 4.79 Å². The van der Waals surface area contributed by atoms with Crippen LogP contribution < -0.4 is 5.32 Å². The summed E-state index contributed by atoms with van der Waals surface area (Å²) < 4.78 is 0. The van der Waals surface area contributed by atoms with E-state index in [1.165, 1.54) is 4.90 Å². The molecule has 0 saturated heterocycles. The highest BCUT2D eigenvalue weighted by molar-refractivity contribution is 5.77. The van der Waals surface area contributed by atoms with Crippen molar-refractivity contribution in [2.24, 2.45) is 0 Å². The molecule has 0 rings (SSSR count). The summed E-state index contributed by atoms with van der Waals surface area (Å²) in [6, 6.07) is 0. The highest BCUT2D eigenvalue weighted by atomic mass is 16.3. The average molecular weight is 146 g/mol. The van der Waals surface area contributed by atoms with Crippen LogP contribution in [0, 0.1) is 0 Å². The van der Waals surface area contributed by atoms with Crippen LogP contribution in [-0.4, -0.2) is 49.7 Å². The maximum absolute atomic E-state index is 10.8. The Kier molecular flexibility index (Phi) is 4.88. The first-order valence-electron chi connectivity index (χ1n) is 3.20. The zero-order valence-electron chi connectivity index (χ0n) is 6.42. The summed E-state index contributed by atoms with van der Waals surface area (Å²) in [4.78, 5) is 12.3. The van der Waals surface area contributed by atoms with E-state index in [0.717, 1.165) is 0 Å². The molecule has 0 aliphatic carbocycles. The highest BCUT2D eigenvalue weighted by Crippen LogP contribution is 1.73. The highest BCUT2D eigenvalue weighted by Gasteiger charge is 2.00. The average Bonchev–Trinajstić information content (AvgIpc) is 1.88. The van der Waals surface area contributed by atoms with Gasteiger partial charge >= 0.3 is 0 Å². The molecular weight excluding hydrogens is 132 g/mol. The fourth-order valence-corrected chi connectivity index (χ4v) is 0.432. The lowest BCUT2D eigenvalue weighted by Gasteiger charge is -2.09. The minimum Gasteiger partial charge on any atom is -0.395 e. The van der Waals surface area contributed by atoms with E-state index in [4.69, 9.17) is 5.11 Å². The Balaban J connectivity index is 3.22. The standard InChI is InChI=1S/C6H14N2O2/c1-8(2)6(10)5-7-3-4-9/h7,9H,3-5H2,1-2H3. The van der Waals surface area contributed by atoms with Crippen LogP contribution in [0.1, 0.15) is 0 Å². The van der Waals surface area contributed by atoms with Gasteiger partial charge in [0.1, 0.15) is 0 Å². The van der Waals surface area contributed by atoms with Gasteiger partial charge in [0.2, 0.25) is 5.91 Å². The van der Waals surface area contributed by atoms with E-state index in [-0.39, 0.29) is 12.5 Å². The number of likely N-dealkylation sites (N-methyl/N-ethyl adjacent to an activating group) is 1. The van der Waals surface area contributed by atoms with Gasteiger partial charge in [-0.05, 0) is 0 Å². The van der Waals surface area contributed by atoms with Gasteiger partial charge in [0.15, 0.2) is 0 Å². The van der Waals surface area contributed by atoms with Gasteiger partial charge in [0, 0.05) is 20.6 Å². The van der Waals surface area contributed by atoms with Crippen LogP contribution in [0.25, 0.3) is 0 Å². The molecule has 0 radical (unpaired) electrons. The molecule has 0 aromatic rings. The number of amides is 1. The van der Waals surface area contributed by atoms with E-state index in [2.05, 4.69) is 5.32 Å². The van der Waals surface area contributed by atoms with E-state index in [1.54, 1.807) is 14.1 Å². The van der Waals surface area contributed by atoms with Crippen molar-refractivity contribution in [2.45, 2.75) is 0 Å². The quantitative estimate of drug-likeness (QED) is 0.482. The summed E-state index contributed by atoms with van der Waals surface area (Å²) >= 11 is 0. The second-order valence-electron chi connectivity index (χ2n) is 2.19. The Morgan fingerprint density at radius 3 is 2.60 bits per heavy atom. The molecule has 0 heterocycles. The van der Waals surface area contributed by atoms with E-state index in [0.29, 0.717) is 13.1 Å². The van der Waals surface area contributed by atoms with Gasteiger partial charge in [-0.25, -0.2) is 0 Å². The second kappa shape index (κ2) is 5.20. The van der Waals surface area contributed by atoms with Crippen molar-refractivity contribution in [1.82, 2.24) is 10.2 Å². The van der Waals surface area contributed by atoms with Gasteiger partial charge in [0.25, 0.3) is 0 Å². The molecule has 0 spiro atoms. The molecule has 1 amide bonds. The van der Waals surface area contributed by atoms with Crippen LogP contribution in [0.15, 0.2) is 0 Å². The molecule has 0 unspecified atom stereocenters. The Hall–Kier alpha value is -0.610. The molecule has 0 atom stereocenters. The first kappa shape index (κ1) is 9.39. The minimum absolute atomic E-state index is 0.0217. The monoisotopic (exact) mass is 146 g/mol. The Labute approximate surface area is 60.8 Å². The topological polar surface area (TPSA) is 52.6 Å². The number of rotatable bonds is 4. The summed E-state index contributed by atoms with van der Waals surface area (Å²) in [6.45, 7) is 0.841. The van der Waals surface area contributed by atoms with E-state index >= 15 is 0 Å². The molecule has 0 fully saturated rings. The largest absolute Gasteiger partial charge is 0.395 e. The predicted molar refractivity (Wildman–Crippen MR) is 38.6 cm³/mol. The summed E-state index contributed by atoms with van der Waals surface area (Å²) in [7, 11) is 3.39. The Morgan fingerprint density at radius 2 is 2.20 bits per heavy atom. The molecule has 2 N–H and O–H groups in total. The maximum Gasteiger partial charge on any atom is 0.236 e. The molecular formula is C6H14N2O2. The normalized spacial score (nSPS) is 9.50. The number of aliphatic hydroxyl groups is 1. The van der Waals surface area contributed by atoms with Crippen LogP contribution >= 0.6 is 0 Å². The van der Waals surface area contributed by atoms with E-state index < -0.39 is 0 Å². The molecule has 4 heteroatoms. The van der Waals surface area contributed by atoms with Crippen LogP contribution in [0.4, 0.5) is 0 Å². The zero-order valence-corrected chi connectivity index (χ0v) is 6.42. The van der Waals surface area contributed by atoms with Gasteiger partial charge in [0.05, 0.1) is 13.2 Å². The van der Waals surface area contributed by atoms with Crippen LogP contribution in [0.5, 0.6) is 0 Å². The fraction of sp³-hybridized carbons (Fsp3) is 0.833. The van der Waals surface area contributed by atoms with Gasteiger partial charge < -0.3 is 15.3 Å². The molecule has 0 saturated carbocycles. The summed E-state index contributed by atoms with van der Waals surface area (Å²) in [5.74, 6) is 0.0217. The number of aliphatic hydroxyl groups excluding tert-OH is 1. The van der Waals surface area contributed by atoms with Gasteiger partial charge in [-0.3, -0.25) is 4.79 Å². The molecule has 10 heavy (non-hydrogen) atoms. The fourth-order valence-electron chi connectivity index (χ4n) is 0.432. The Bertz CT molecular complexity index is 104. The van der Waals surface area contributed by atoms with Crippen molar-refractivity contribution in [3.05, 3.63) is 0 Å². The molecule has 0 aromatic heterocycles. The number of hydrogen-bond acceptors (Lipinski definition) is 3. The lowest BCUT2D eigenvalue weighted by Crippen LogP contribution is -2.34. The first-order chi connectivity index (χ1) is 4.68. The van der Waals surface area contributed by atoms with Crippen molar-refractivity contribution >= 4 is 5.91 Å². The molecule has 0 aliphatic rings. The second-order valence-corrected chi connectivity index (χ2v) is 2.19. The van der Waals surface area contributed by atoms with Crippen molar-refractivity contribution in [3.8, 4) is 0 Å². The molecule has 60 valence electrons. The van der Waals surface area contributed by atoms with Crippen LogP contribution in [-0.2, 0) is 4.79 Å². The first-order valence-corrected chi connectivity index (χ1v) is 3.20.